The maximum atomic E-state index is 13.0. The van der Waals surface area contributed by atoms with E-state index in [2.05, 4.69) is 26.6 Å². The van der Waals surface area contributed by atoms with Crippen LogP contribution in [0.4, 0.5) is 5.69 Å². The summed E-state index contributed by atoms with van der Waals surface area (Å²) in [6.07, 6.45) is 7.10. The van der Waals surface area contributed by atoms with Crippen LogP contribution in [0.1, 0.15) is 41.7 Å². The van der Waals surface area contributed by atoms with E-state index in [1.165, 1.54) is 0 Å². The zero-order valence-corrected chi connectivity index (χ0v) is 17.5. The number of pyridine rings is 1. The molecule has 0 spiro atoms. The van der Waals surface area contributed by atoms with Crippen LogP contribution in [0.2, 0.25) is 0 Å². The molecular formula is C23H24N6O2. The van der Waals surface area contributed by atoms with Gasteiger partial charge in [0, 0.05) is 29.9 Å². The number of nitrogens with zero attached hydrogens (tertiary/aromatic N) is 5. The Morgan fingerprint density at radius 3 is 2.87 bits per heavy atom. The van der Waals surface area contributed by atoms with Crippen LogP contribution in [0.5, 0.6) is 0 Å². The summed E-state index contributed by atoms with van der Waals surface area (Å²) in [4.78, 5) is 17.6. The van der Waals surface area contributed by atoms with Crippen LogP contribution < -0.4 is 5.32 Å². The number of aliphatic hydroxyl groups is 1. The van der Waals surface area contributed by atoms with Crippen molar-refractivity contribution in [1.82, 2.24) is 24.5 Å². The molecule has 4 aromatic rings. The number of benzene rings is 1. The number of fused-ring (bicyclic) bond motifs is 1. The number of nitrogens with one attached hydrogen (secondary N) is 1. The van der Waals surface area contributed by atoms with Crippen molar-refractivity contribution in [2.45, 2.75) is 38.3 Å². The van der Waals surface area contributed by atoms with Crippen LogP contribution in [0.15, 0.2) is 48.9 Å². The standard InChI is InChI=1S/C23H24N6O2/c1-14(30)12-29-13-17(11-25-29)19-4-3-5-20(26-19)23(31)27-21-8-16-10-24-28(2)22(16)9-18(21)15-6-7-15/h3-5,8-11,13-15,30H,6-7,12H2,1-2H3,(H,27,31). The average Bonchev–Trinajstić information content (AvgIpc) is 3.39. The zero-order valence-electron chi connectivity index (χ0n) is 17.5. The molecule has 3 aromatic heterocycles. The van der Waals surface area contributed by atoms with E-state index in [4.69, 9.17) is 0 Å². The number of hydrogen-bond donors (Lipinski definition) is 2. The lowest BCUT2D eigenvalue weighted by Crippen LogP contribution is -2.15. The molecule has 3 heterocycles. The zero-order chi connectivity index (χ0) is 21.5. The number of carbonyl (C=O) groups is 1. The van der Waals surface area contributed by atoms with Gasteiger partial charge in [-0.2, -0.15) is 10.2 Å². The Hall–Kier alpha value is -3.52. The van der Waals surface area contributed by atoms with Crippen molar-refractivity contribution in [2.24, 2.45) is 7.05 Å². The number of aromatic nitrogens is 5. The summed E-state index contributed by atoms with van der Waals surface area (Å²) in [7, 11) is 1.93. The summed E-state index contributed by atoms with van der Waals surface area (Å²) in [5.41, 5.74) is 4.84. The van der Waals surface area contributed by atoms with Crippen molar-refractivity contribution < 1.29 is 9.90 Å². The maximum absolute atomic E-state index is 13.0. The molecule has 0 saturated heterocycles. The largest absolute Gasteiger partial charge is 0.391 e. The Kier molecular flexibility index (Phi) is 4.78. The molecule has 1 aliphatic rings. The molecule has 1 aliphatic carbocycles. The summed E-state index contributed by atoms with van der Waals surface area (Å²) < 4.78 is 3.52. The molecule has 1 aromatic carbocycles. The number of rotatable bonds is 6. The van der Waals surface area contributed by atoms with E-state index in [-0.39, 0.29) is 5.91 Å². The minimum absolute atomic E-state index is 0.247. The second kappa shape index (κ2) is 7.63. The highest BCUT2D eigenvalue weighted by Gasteiger charge is 2.28. The predicted octanol–water partition coefficient (Wildman–Crippen LogP) is 3.34. The molecule has 0 bridgehead atoms. The first-order chi connectivity index (χ1) is 15.0. The highest BCUT2D eigenvalue weighted by Crippen LogP contribution is 2.44. The molecule has 8 nitrogen and oxygen atoms in total. The monoisotopic (exact) mass is 416 g/mol. The summed E-state index contributed by atoms with van der Waals surface area (Å²) in [5.74, 6) is 0.233. The molecule has 1 atom stereocenters. The Morgan fingerprint density at radius 2 is 2.10 bits per heavy atom. The highest BCUT2D eigenvalue weighted by molar-refractivity contribution is 6.04. The van der Waals surface area contributed by atoms with E-state index in [1.807, 2.05) is 42.3 Å². The number of amides is 1. The molecule has 8 heteroatoms. The van der Waals surface area contributed by atoms with Gasteiger partial charge >= 0.3 is 0 Å². The van der Waals surface area contributed by atoms with Crippen molar-refractivity contribution in [2.75, 3.05) is 5.32 Å². The van der Waals surface area contributed by atoms with Gasteiger partial charge in [0.2, 0.25) is 0 Å². The topological polar surface area (TPSA) is 97.9 Å². The van der Waals surface area contributed by atoms with Crippen molar-refractivity contribution >= 4 is 22.5 Å². The minimum Gasteiger partial charge on any atom is -0.391 e. The van der Waals surface area contributed by atoms with Gasteiger partial charge in [0.15, 0.2) is 0 Å². The summed E-state index contributed by atoms with van der Waals surface area (Å²) >= 11 is 0. The van der Waals surface area contributed by atoms with E-state index in [9.17, 15) is 9.90 Å². The van der Waals surface area contributed by atoms with Gasteiger partial charge in [-0.15, -0.1) is 0 Å². The van der Waals surface area contributed by atoms with Crippen LogP contribution in [0, 0.1) is 0 Å². The molecule has 31 heavy (non-hydrogen) atoms. The fourth-order valence-corrected chi connectivity index (χ4v) is 3.83. The SMILES string of the molecule is CC(O)Cn1cc(-c2cccc(C(=O)Nc3cc4cnn(C)c4cc3C3CC3)n2)cn1. The first-order valence-electron chi connectivity index (χ1n) is 10.4. The molecule has 1 amide bonds. The van der Waals surface area contributed by atoms with E-state index in [0.29, 0.717) is 23.9 Å². The van der Waals surface area contributed by atoms with Gasteiger partial charge in [0.25, 0.3) is 5.91 Å². The number of aryl methyl sites for hydroxylation is 1. The molecule has 1 saturated carbocycles. The first kappa shape index (κ1) is 19.4. The van der Waals surface area contributed by atoms with Crippen molar-refractivity contribution in [1.29, 1.82) is 0 Å². The van der Waals surface area contributed by atoms with Gasteiger partial charge in [0.1, 0.15) is 5.69 Å². The summed E-state index contributed by atoms with van der Waals surface area (Å²) in [6.45, 7) is 2.12. The van der Waals surface area contributed by atoms with Crippen molar-refractivity contribution in [3.05, 3.63) is 60.2 Å². The predicted molar refractivity (Wildman–Crippen MR) is 118 cm³/mol. The van der Waals surface area contributed by atoms with Crippen LogP contribution in [-0.2, 0) is 13.6 Å². The van der Waals surface area contributed by atoms with Crippen molar-refractivity contribution in [3.63, 3.8) is 0 Å². The smallest absolute Gasteiger partial charge is 0.274 e. The van der Waals surface area contributed by atoms with E-state index < -0.39 is 6.10 Å². The molecule has 1 unspecified atom stereocenters. The minimum atomic E-state index is -0.490. The van der Waals surface area contributed by atoms with E-state index in [1.54, 1.807) is 23.9 Å². The highest BCUT2D eigenvalue weighted by atomic mass is 16.3. The molecule has 1 fully saturated rings. The fourth-order valence-electron chi connectivity index (χ4n) is 3.83. The van der Waals surface area contributed by atoms with Crippen LogP contribution in [0.3, 0.4) is 0 Å². The van der Waals surface area contributed by atoms with Gasteiger partial charge in [-0.25, -0.2) is 4.98 Å². The normalized spacial score (nSPS) is 14.7. The van der Waals surface area contributed by atoms with E-state index >= 15 is 0 Å². The second-order valence-electron chi connectivity index (χ2n) is 8.20. The number of carbonyl (C=O) groups excluding carboxylic acids is 1. The number of anilines is 1. The Balaban J connectivity index is 1.42. The Morgan fingerprint density at radius 1 is 1.26 bits per heavy atom. The van der Waals surface area contributed by atoms with Gasteiger partial charge in [0.05, 0.1) is 36.3 Å². The average molecular weight is 416 g/mol. The second-order valence-corrected chi connectivity index (χ2v) is 8.20. The van der Waals surface area contributed by atoms with Gasteiger partial charge in [-0.1, -0.05) is 6.07 Å². The number of hydrogen-bond acceptors (Lipinski definition) is 5. The third kappa shape index (κ3) is 3.94. The lowest BCUT2D eigenvalue weighted by atomic mass is 10.1. The van der Waals surface area contributed by atoms with Gasteiger partial charge < -0.3 is 10.4 Å². The van der Waals surface area contributed by atoms with Crippen molar-refractivity contribution in [3.8, 4) is 11.3 Å². The molecule has 2 N–H and O–H groups in total. The number of aliphatic hydroxyl groups excluding tert-OH is 1. The van der Waals surface area contributed by atoms with E-state index in [0.717, 1.165) is 40.6 Å². The summed E-state index contributed by atoms with van der Waals surface area (Å²) in [5, 5.41) is 22.2. The van der Waals surface area contributed by atoms with Crippen LogP contribution >= 0.6 is 0 Å². The molecule has 0 radical (unpaired) electrons. The summed E-state index contributed by atoms with van der Waals surface area (Å²) in [6, 6.07) is 9.50. The lowest BCUT2D eigenvalue weighted by molar-refractivity contribution is 0.102. The molecular weight excluding hydrogens is 392 g/mol. The Labute approximate surface area is 179 Å². The Bertz CT molecular complexity index is 1270. The molecule has 0 aliphatic heterocycles. The third-order valence-corrected chi connectivity index (χ3v) is 5.54. The quantitative estimate of drug-likeness (QED) is 0.502. The fraction of sp³-hybridized carbons (Fsp3) is 0.304. The van der Waals surface area contributed by atoms with Gasteiger partial charge in [-0.3, -0.25) is 14.2 Å². The van der Waals surface area contributed by atoms with Gasteiger partial charge in [-0.05, 0) is 55.5 Å². The third-order valence-electron chi connectivity index (χ3n) is 5.54. The van der Waals surface area contributed by atoms with Crippen LogP contribution in [0.25, 0.3) is 22.2 Å². The first-order valence-corrected chi connectivity index (χ1v) is 10.4. The van der Waals surface area contributed by atoms with Crippen LogP contribution in [-0.4, -0.2) is 41.7 Å². The molecule has 158 valence electrons. The lowest BCUT2D eigenvalue weighted by Gasteiger charge is -2.12. The maximum Gasteiger partial charge on any atom is 0.274 e. The molecule has 5 rings (SSSR count).